The van der Waals surface area contributed by atoms with Gasteiger partial charge in [0.25, 0.3) is 0 Å². The van der Waals surface area contributed by atoms with Gasteiger partial charge in [-0.05, 0) is 37.0 Å². The van der Waals surface area contributed by atoms with Crippen LogP contribution in [0.4, 0.5) is 5.00 Å². The first-order chi connectivity index (χ1) is 17.0. The average molecular weight is 491 g/mol. The summed E-state index contributed by atoms with van der Waals surface area (Å²) < 4.78 is 16.6. The Labute approximate surface area is 208 Å². The van der Waals surface area contributed by atoms with Gasteiger partial charge in [0.1, 0.15) is 11.5 Å². The highest BCUT2D eigenvalue weighted by molar-refractivity contribution is 7.17. The zero-order chi connectivity index (χ0) is 24.5. The average Bonchev–Trinajstić information content (AvgIpc) is 3.45. The number of Topliss-reactive ketones (excluding diaryl/α,β-unsaturated/α-hetero) is 1. The maximum Gasteiger partial charge on any atom is 0.249 e. The van der Waals surface area contributed by atoms with Crippen molar-refractivity contribution < 1.29 is 23.8 Å². The number of aliphatic imine (C=N–C) groups is 1. The highest BCUT2D eigenvalue weighted by Gasteiger charge is 2.34. The molecule has 35 heavy (non-hydrogen) atoms. The molecule has 0 unspecified atom stereocenters. The molecule has 0 N–H and O–H groups in total. The Morgan fingerprint density at radius 2 is 1.74 bits per heavy atom. The fourth-order valence-corrected chi connectivity index (χ4v) is 6.13. The van der Waals surface area contributed by atoms with E-state index in [-0.39, 0.29) is 24.8 Å². The SMILES string of the molecule is COc1cc(C2=NCC(=O)N(CC(=O)c3ccccc3)c3sc4c(c32)CCC4)cc(OC)c1OC. The second-order valence-corrected chi connectivity index (χ2v) is 9.47. The lowest BCUT2D eigenvalue weighted by atomic mass is 9.98. The monoisotopic (exact) mass is 490 g/mol. The van der Waals surface area contributed by atoms with E-state index in [1.165, 1.54) is 10.4 Å². The Hall–Kier alpha value is -3.65. The summed E-state index contributed by atoms with van der Waals surface area (Å²) in [4.78, 5) is 34.0. The van der Waals surface area contributed by atoms with Gasteiger partial charge in [0, 0.05) is 21.6 Å². The second-order valence-electron chi connectivity index (χ2n) is 8.39. The first kappa shape index (κ1) is 23.1. The van der Waals surface area contributed by atoms with Crippen LogP contribution in [0.3, 0.4) is 0 Å². The van der Waals surface area contributed by atoms with Crippen molar-refractivity contribution in [1.82, 2.24) is 0 Å². The molecule has 3 aromatic rings. The number of ether oxygens (including phenoxy) is 3. The topological polar surface area (TPSA) is 77.4 Å². The van der Waals surface area contributed by atoms with Crippen LogP contribution in [-0.2, 0) is 17.6 Å². The molecular weight excluding hydrogens is 464 g/mol. The van der Waals surface area contributed by atoms with Crippen LogP contribution in [-0.4, -0.2) is 51.8 Å². The number of thiophene rings is 1. The summed E-state index contributed by atoms with van der Waals surface area (Å²) in [6, 6.07) is 12.8. The Kier molecular flexibility index (Phi) is 6.30. The molecule has 0 atom stereocenters. The smallest absolute Gasteiger partial charge is 0.249 e. The van der Waals surface area contributed by atoms with Gasteiger partial charge in [-0.1, -0.05) is 30.3 Å². The van der Waals surface area contributed by atoms with Crippen molar-refractivity contribution in [3.8, 4) is 17.2 Å². The molecule has 2 aliphatic rings. The Morgan fingerprint density at radius 1 is 1.03 bits per heavy atom. The van der Waals surface area contributed by atoms with Gasteiger partial charge in [-0.15, -0.1) is 11.3 Å². The van der Waals surface area contributed by atoms with Crippen LogP contribution >= 0.6 is 11.3 Å². The number of anilines is 1. The Morgan fingerprint density at radius 3 is 2.40 bits per heavy atom. The van der Waals surface area contributed by atoms with Crippen molar-refractivity contribution in [2.75, 3.05) is 39.3 Å². The van der Waals surface area contributed by atoms with Crippen LogP contribution < -0.4 is 19.1 Å². The van der Waals surface area contributed by atoms with E-state index in [1.807, 2.05) is 30.3 Å². The summed E-state index contributed by atoms with van der Waals surface area (Å²) in [6.07, 6.45) is 2.94. The van der Waals surface area contributed by atoms with Crippen LogP contribution in [0.15, 0.2) is 47.5 Å². The summed E-state index contributed by atoms with van der Waals surface area (Å²) in [5, 5.41) is 0.786. The molecule has 2 heterocycles. The van der Waals surface area contributed by atoms with E-state index >= 15 is 0 Å². The third kappa shape index (κ3) is 4.08. The van der Waals surface area contributed by atoms with E-state index in [9.17, 15) is 9.59 Å². The Balaban J connectivity index is 1.63. The number of benzene rings is 2. The maximum absolute atomic E-state index is 13.3. The minimum Gasteiger partial charge on any atom is -0.493 e. The number of carbonyl (C=O) groups excluding carboxylic acids is 2. The highest BCUT2D eigenvalue weighted by atomic mass is 32.1. The molecule has 0 saturated carbocycles. The second kappa shape index (κ2) is 9.54. The molecule has 0 spiro atoms. The first-order valence-electron chi connectivity index (χ1n) is 11.4. The summed E-state index contributed by atoms with van der Waals surface area (Å²) in [7, 11) is 4.71. The molecule has 0 radical (unpaired) electrons. The predicted octanol–water partition coefficient (Wildman–Crippen LogP) is 4.33. The number of aryl methyl sites for hydroxylation is 1. The fraction of sp³-hybridized carbons (Fsp3) is 0.296. The fourth-order valence-electron chi connectivity index (χ4n) is 4.72. The van der Waals surface area contributed by atoms with E-state index in [2.05, 4.69) is 0 Å². The van der Waals surface area contributed by atoms with Crippen molar-refractivity contribution in [2.45, 2.75) is 19.3 Å². The highest BCUT2D eigenvalue weighted by Crippen LogP contribution is 2.45. The molecule has 0 bridgehead atoms. The number of hydrogen-bond acceptors (Lipinski definition) is 7. The number of methoxy groups -OCH3 is 3. The van der Waals surface area contributed by atoms with Crippen LogP contribution in [0, 0.1) is 0 Å². The molecule has 7 nitrogen and oxygen atoms in total. The van der Waals surface area contributed by atoms with Crippen LogP contribution in [0.1, 0.15) is 38.3 Å². The molecule has 0 saturated heterocycles. The summed E-state index contributed by atoms with van der Waals surface area (Å²) in [6.45, 7) is -0.0719. The normalized spacial score (nSPS) is 14.7. The maximum atomic E-state index is 13.3. The lowest BCUT2D eigenvalue weighted by Gasteiger charge is -2.20. The van der Waals surface area contributed by atoms with E-state index in [0.717, 1.165) is 35.4 Å². The molecule has 8 heteroatoms. The lowest BCUT2D eigenvalue weighted by Crippen LogP contribution is -2.36. The van der Waals surface area contributed by atoms with E-state index < -0.39 is 0 Å². The van der Waals surface area contributed by atoms with Crippen molar-refractivity contribution >= 4 is 33.7 Å². The molecule has 1 aromatic heterocycles. The molecule has 1 aliphatic carbocycles. The van der Waals surface area contributed by atoms with E-state index in [1.54, 1.807) is 49.7 Å². The van der Waals surface area contributed by atoms with Crippen LogP contribution in [0.25, 0.3) is 0 Å². The van der Waals surface area contributed by atoms with E-state index in [4.69, 9.17) is 19.2 Å². The standard InChI is InChI=1S/C27H26N2O5S/c1-32-20-12-17(13-21(33-2)26(20)34-3)25-24-18-10-7-11-22(18)35-27(24)29(23(31)14-28-25)15-19(30)16-8-5-4-6-9-16/h4-6,8-9,12-13H,7,10-11,14-15H2,1-3H3. The van der Waals surface area contributed by atoms with Gasteiger partial charge >= 0.3 is 0 Å². The molecule has 1 aliphatic heterocycles. The zero-order valence-electron chi connectivity index (χ0n) is 19.9. The largest absolute Gasteiger partial charge is 0.493 e. The molecule has 2 aromatic carbocycles. The summed E-state index contributed by atoms with van der Waals surface area (Å²) in [5.41, 5.74) is 4.22. The zero-order valence-corrected chi connectivity index (χ0v) is 20.7. The molecule has 5 rings (SSSR count). The van der Waals surface area contributed by atoms with Gasteiger partial charge in [-0.3, -0.25) is 19.5 Å². The third-order valence-electron chi connectivity index (χ3n) is 6.39. The Bertz CT molecular complexity index is 1300. The van der Waals surface area contributed by atoms with Gasteiger partial charge in [0.05, 0.1) is 33.6 Å². The van der Waals surface area contributed by atoms with Gasteiger partial charge in [-0.25, -0.2) is 0 Å². The predicted molar refractivity (Wildman–Crippen MR) is 136 cm³/mol. The first-order valence-corrected chi connectivity index (χ1v) is 12.3. The van der Waals surface area contributed by atoms with Gasteiger partial charge in [0.15, 0.2) is 17.3 Å². The lowest BCUT2D eigenvalue weighted by molar-refractivity contribution is -0.117. The van der Waals surface area contributed by atoms with E-state index in [0.29, 0.717) is 28.5 Å². The molecule has 180 valence electrons. The molecule has 1 amide bonds. The minimum atomic E-state index is -0.196. The van der Waals surface area contributed by atoms with Crippen molar-refractivity contribution in [2.24, 2.45) is 4.99 Å². The minimum absolute atomic E-state index is 0.0205. The van der Waals surface area contributed by atoms with Crippen LogP contribution in [0.5, 0.6) is 17.2 Å². The van der Waals surface area contributed by atoms with Gasteiger partial charge < -0.3 is 14.2 Å². The summed E-state index contributed by atoms with van der Waals surface area (Å²) in [5.74, 6) is 1.23. The summed E-state index contributed by atoms with van der Waals surface area (Å²) >= 11 is 1.60. The molecule has 0 fully saturated rings. The number of amides is 1. The quantitative estimate of drug-likeness (QED) is 0.461. The van der Waals surface area contributed by atoms with Crippen molar-refractivity contribution in [3.05, 3.63) is 69.6 Å². The van der Waals surface area contributed by atoms with Gasteiger partial charge in [0.2, 0.25) is 11.7 Å². The number of ketones is 1. The van der Waals surface area contributed by atoms with Crippen LogP contribution in [0.2, 0.25) is 0 Å². The molecular formula is C27H26N2O5S. The number of nitrogens with zero attached hydrogens (tertiary/aromatic N) is 2. The number of hydrogen-bond donors (Lipinski definition) is 0. The number of fused-ring (bicyclic) bond motifs is 3. The number of carbonyl (C=O) groups is 2. The van der Waals surface area contributed by atoms with Crippen molar-refractivity contribution in [1.29, 1.82) is 0 Å². The number of rotatable bonds is 7. The van der Waals surface area contributed by atoms with Crippen molar-refractivity contribution in [3.63, 3.8) is 0 Å². The van der Waals surface area contributed by atoms with Gasteiger partial charge in [-0.2, -0.15) is 0 Å². The third-order valence-corrected chi connectivity index (χ3v) is 7.71.